The van der Waals surface area contributed by atoms with E-state index in [1.165, 1.54) is 12.1 Å². The Balaban J connectivity index is 2.05. The highest BCUT2D eigenvalue weighted by Gasteiger charge is 2.31. The maximum Gasteiger partial charge on any atom is 0.125 e. The van der Waals surface area contributed by atoms with Gasteiger partial charge in [-0.15, -0.1) is 0 Å². The van der Waals surface area contributed by atoms with Crippen molar-refractivity contribution >= 4 is 5.69 Å². The van der Waals surface area contributed by atoms with Crippen molar-refractivity contribution in [3.8, 4) is 6.07 Å². The first-order valence-electron chi connectivity index (χ1n) is 4.71. The number of hydrogen-bond acceptors (Lipinski definition) is 2. The van der Waals surface area contributed by atoms with Gasteiger partial charge in [-0.3, -0.25) is 0 Å². The zero-order chi connectivity index (χ0) is 9.97. The zero-order valence-corrected chi connectivity index (χ0v) is 7.70. The van der Waals surface area contributed by atoms with Crippen molar-refractivity contribution in [1.29, 1.82) is 5.26 Å². The largest absolute Gasteiger partial charge is 0.370 e. The summed E-state index contributed by atoms with van der Waals surface area (Å²) in [6, 6.07) is 8.24. The number of anilines is 1. The molecule has 0 amide bonds. The maximum absolute atomic E-state index is 12.8. The molecule has 1 saturated carbocycles. The molecule has 1 aromatic rings. The number of benzene rings is 1. The van der Waals surface area contributed by atoms with Crippen LogP contribution in [0.2, 0.25) is 0 Å². The van der Waals surface area contributed by atoms with E-state index in [1.807, 2.05) is 0 Å². The Morgan fingerprint density at radius 3 is 2.86 bits per heavy atom. The molecule has 1 unspecified atom stereocenters. The molecule has 1 atom stereocenters. The van der Waals surface area contributed by atoms with Gasteiger partial charge < -0.3 is 5.32 Å². The first-order valence-corrected chi connectivity index (χ1v) is 4.71. The lowest BCUT2D eigenvalue weighted by molar-refractivity contribution is 0.627. The molecule has 2 rings (SSSR count). The summed E-state index contributed by atoms with van der Waals surface area (Å²) in [5.41, 5.74) is 0.684. The van der Waals surface area contributed by atoms with Gasteiger partial charge in [0.15, 0.2) is 0 Å². The van der Waals surface area contributed by atoms with Crippen LogP contribution >= 0.6 is 0 Å². The topological polar surface area (TPSA) is 35.8 Å². The van der Waals surface area contributed by atoms with Crippen LogP contribution in [0, 0.1) is 23.1 Å². The summed E-state index contributed by atoms with van der Waals surface area (Å²) in [6.45, 7) is 0. The fourth-order valence-electron chi connectivity index (χ4n) is 1.44. The minimum Gasteiger partial charge on any atom is -0.370 e. The first kappa shape index (κ1) is 9.01. The number of nitrogens with zero attached hydrogens (tertiary/aromatic N) is 1. The lowest BCUT2D eigenvalue weighted by Gasteiger charge is -2.11. The van der Waals surface area contributed by atoms with E-state index in [-0.39, 0.29) is 11.9 Å². The molecular formula is C11H11FN2. The van der Waals surface area contributed by atoms with Crippen LogP contribution in [0.5, 0.6) is 0 Å². The van der Waals surface area contributed by atoms with Gasteiger partial charge in [0.05, 0.1) is 6.07 Å². The lowest BCUT2D eigenvalue weighted by Crippen LogP contribution is -2.19. The van der Waals surface area contributed by atoms with Crippen molar-refractivity contribution in [2.24, 2.45) is 5.92 Å². The third-order valence-corrected chi connectivity index (χ3v) is 2.38. The van der Waals surface area contributed by atoms with Crippen LogP contribution in [-0.2, 0) is 0 Å². The molecule has 0 heterocycles. The van der Waals surface area contributed by atoms with Crippen molar-refractivity contribution in [3.63, 3.8) is 0 Å². The second-order valence-corrected chi connectivity index (χ2v) is 3.60. The van der Waals surface area contributed by atoms with Crippen molar-refractivity contribution < 1.29 is 4.39 Å². The summed E-state index contributed by atoms with van der Waals surface area (Å²) < 4.78 is 12.8. The predicted octanol–water partition coefficient (Wildman–Crippen LogP) is 2.54. The number of rotatable bonds is 3. The molecule has 0 aromatic heterocycles. The summed E-state index contributed by atoms with van der Waals surface area (Å²) >= 11 is 0. The van der Waals surface area contributed by atoms with Crippen LogP contribution in [0.15, 0.2) is 24.3 Å². The van der Waals surface area contributed by atoms with Gasteiger partial charge >= 0.3 is 0 Å². The Kier molecular flexibility index (Phi) is 2.36. The molecule has 0 spiro atoms. The second-order valence-electron chi connectivity index (χ2n) is 3.60. The highest BCUT2D eigenvalue weighted by molar-refractivity contribution is 5.45. The normalized spacial score (nSPS) is 17.1. The zero-order valence-electron chi connectivity index (χ0n) is 7.70. The number of halogens is 1. The Hall–Kier alpha value is -1.56. The van der Waals surface area contributed by atoms with Crippen LogP contribution in [0.1, 0.15) is 12.8 Å². The molecule has 3 heteroatoms. The molecule has 1 aliphatic carbocycles. The quantitative estimate of drug-likeness (QED) is 0.795. The number of nitriles is 1. The lowest BCUT2D eigenvalue weighted by atomic mass is 10.2. The molecule has 1 N–H and O–H groups in total. The van der Waals surface area contributed by atoms with Crippen molar-refractivity contribution in [2.75, 3.05) is 5.32 Å². The van der Waals surface area contributed by atoms with E-state index in [4.69, 9.17) is 5.26 Å². The second kappa shape index (κ2) is 3.67. The van der Waals surface area contributed by atoms with Crippen LogP contribution in [0.4, 0.5) is 10.1 Å². The monoisotopic (exact) mass is 190 g/mol. The van der Waals surface area contributed by atoms with E-state index in [0.29, 0.717) is 11.6 Å². The summed E-state index contributed by atoms with van der Waals surface area (Å²) in [7, 11) is 0. The van der Waals surface area contributed by atoms with Crippen LogP contribution < -0.4 is 5.32 Å². The Morgan fingerprint density at radius 2 is 2.29 bits per heavy atom. The Morgan fingerprint density at radius 1 is 1.50 bits per heavy atom. The van der Waals surface area contributed by atoms with E-state index in [1.54, 1.807) is 12.1 Å². The van der Waals surface area contributed by atoms with Gasteiger partial charge in [-0.2, -0.15) is 5.26 Å². The minimum atomic E-state index is -0.275. The molecule has 0 aliphatic heterocycles. The molecule has 14 heavy (non-hydrogen) atoms. The number of hydrogen-bond donors (Lipinski definition) is 1. The molecular weight excluding hydrogens is 179 g/mol. The first-order chi connectivity index (χ1) is 6.79. The molecule has 72 valence electrons. The molecule has 0 saturated heterocycles. The van der Waals surface area contributed by atoms with Crippen molar-refractivity contribution in [2.45, 2.75) is 18.9 Å². The average molecular weight is 190 g/mol. The van der Waals surface area contributed by atoms with Gasteiger partial charge in [-0.05, 0) is 37.0 Å². The molecule has 0 radical (unpaired) electrons. The highest BCUT2D eigenvalue weighted by Crippen LogP contribution is 2.33. The highest BCUT2D eigenvalue weighted by atomic mass is 19.1. The molecule has 1 aromatic carbocycles. The summed E-state index contributed by atoms with van der Waals surface area (Å²) in [5.74, 6) is 0.172. The third kappa shape index (κ3) is 2.02. The van der Waals surface area contributed by atoms with E-state index >= 15 is 0 Å². The van der Waals surface area contributed by atoms with Gasteiger partial charge in [-0.1, -0.05) is 6.07 Å². The Labute approximate surface area is 82.4 Å². The van der Waals surface area contributed by atoms with E-state index in [0.717, 1.165) is 12.8 Å². The van der Waals surface area contributed by atoms with Gasteiger partial charge in [-0.25, -0.2) is 4.39 Å². The van der Waals surface area contributed by atoms with Gasteiger partial charge in [0, 0.05) is 5.69 Å². The molecule has 1 aliphatic rings. The third-order valence-electron chi connectivity index (χ3n) is 2.38. The smallest absolute Gasteiger partial charge is 0.125 e. The summed E-state index contributed by atoms with van der Waals surface area (Å²) in [4.78, 5) is 0. The van der Waals surface area contributed by atoms with Crippen molar-refractivity contribution in [3.05, 3.63) is 30.1 Å². The minimum absolute atomic E-state index is 0.170. The molecule has 0 bridgehead atoms. The average Bonchev–Trinajstić information content (AvgIpc) is 2.97. The fraction of sp³-hybridized carbons (Fsp3) is 0.364. The maximum atomic E-state index is 12.8. The van der Waals surface area contributed by atoms with E-state index < -0.39 is 0 Å². The molecule has 1 fully saturated rings. The van der Waals surface area contributed by atoms with Gasteiger partial charge in [0.1, 0.15) is 11.9 Å². The van der Waals surface area contributed by atoms with Crippen LogP contribution in [0.25, 0.3) is 0 Å². The van der Waals surface area contributed by atoms with Crippen LogP contribution in [-0.4, -0.2) is 6.04 Å². The van der Waals surface area contributed by atoms with Crippen molar-refractivity contribution in [1.82, 2.24) is 0 Å². The standard InChI is InChI=1S/C11H11FN2/c12-9-2-1-3-10(6-9)14-11(7-13)8-4-5-8/h1-3,6,8,11,14H,4-5H2. The van der Waals surface area contributed by atoms with Gasteiger partial charge in [0.25, 0.3) is 0 Å². The summed E-state index contributed by atoms with van der Waals surface area (Å²) in [5, 5.41) is 11.9. The fourth-order valence-corrected chi connectivity index (χ4v) is 1.44. The van der Waals surface area contributed by atoms with Crippen LogP contribution in [0.3, 0.4) is 0 Å². The SMILES string of the molecule is N#CC(Nc1cccc(F)c1)C1CC1. The summed E-state index contributed by atoms with van der Waals surface area (Å²) in [6.07, 6.45) is 2.20. The predicted molar refractivity (Wildman–Crippen MR) is 52.1 cm³/mol. The van der Waals surface area contributed by atoms with E-state index in [2.05, 4.69) is 11.4 Å². The van der Waals surface area contributed by atoms with E-state index in [9.17, 15) is 4.39 Å². The Bertz CT molecular complexity index is 366. The number of nitrogens with one attached hydrogen (secondary N) is 1. The molecule has 2 nitrogen and oxygen atoms in total. The van der Waals surface area contributed by atoms with Gasteiger partial charge in [0.2, 0.25) is 0 Å².